The molecule has 0 amide bonds. The number of nitrogens with two attached hydrogens (primary N) is 1. The molecule has 0 aliphatic heterocycles. The number of aliphatic hydroxyl groups excluding tert-OH is 1. The van der Waals surface area contributed by atoms with Crippen molar-refractivity contribution in [3.8, 4) is 0 Å². The first-order chi connectivity index (χ1) is 3.66. The van der Waals surface area contributed by atoms with E-state index in [9.17, 15) is 4.57 Å². The van der Waals surface area contributed by atoms with Gasteiger partial charge >= 0.3 is 0 Å². The highest BCUT2D eigenvalue weighted by molar-refractivity contribution is 7.38. The van der Waals surface area contributed by atoms with Crippen molar-refractivity contribution >= 4 is 8.03 Å². The van der Waals surface area contributed by atoms with E-state index in [1.54, 1.807) is 0 Å². The van der Waals surface area contributed by atoms with E-state index in [2.05, 4.69) is 0 Å². The monoisotopic (exact) mass is 139 g/mol. The Labute approximate surface area is 48.2 Å². The molecule has 0 rings (SSSR count). The zero-order valence-corrected chi connectivity index (χ0v) is 5.37. The minimum absolute atomic E-state index is 0.0525. The minimum Gasteiger partial charge on any atom is -0.391 e. The van der Waals surface area contributed by atoms with Crippen molar-refractivity contribution in [1.29, 1.82) is 0 Å². The number of hydrogen-bond acceptors (Lipinski definition) is 3. The Balaban J connectivity index is 3.24. The summed E-state index contributed by atoms with van der Waals surface area (Å²) in [5, 5.41) is 8.57. The molecule has 4 N–H and O–H groups in total. The highest BCUT2D eigenvalue weighted by atomic mass is 31.1. The molecule has 0 saturated heterocycles. The molecule has 0 bridgehead atoms. The van der Waals surface area contributed by atoms with E-state index in [-0.39, 0.29) is 12.7 Å². The number of aliphatic hydroxyl groups is 1. The number of rotatable bonds is 3. The molecule has 8 heavy (non-hydrogen) atoms. The molecule has 0 aliphatic rings. The summed E-state index contributed by atoms with van der Waals surface area (Å²) < 4.78 is 9.94. The van der Waals surface area contributed by atoms with Crippen LogP contribution >= 0.6 is 8.03 Å². The zero-order valence-electron chi connectivity index (χ0n) is 4.37. The fraction of sp³-hybridized carbons (Fsp3) is 1.00. The molecule has 50 valence electrons. The smallest absolute Gasteiger partial charge is 0.191 e. The van der Waals surface area contributed by atoms with Crippen LogP contribution < -0.4 is 5.73 Å². The van der Waals surface area contributed by atoms with Crippen molar-refractivity contribution in [2.45, 2.75) is 6.10 Å². The van der Waals surface area contributed by atoms with Crippen LogP contribution in [-0.4, -0.2) is 28.8 Å². The van der Waals surface area contributed by atoms with Gasteiger partial charge in [0.25, 0.3) is 0 Å². The second-order valence-corrected chi connectivity index (χ2v) is 2.68. The topological polar surface area (TPSA) is 83.5 Å². The summed E-state index contributed by atoms with van der Waals surface area (Å²) in [7, 11) is -2.53. The Hall–Kier alpha value is 0.110. The first kappa shape index (κ1) is 8.11. The van der Waals surface area contributed by atoms with Gasteiger partial charge < -0.3 is 15.7 Å². The largest absolute Gasteiger partial charge is 0.391 e. The maximum absolute atomic E-state index is 9.94. The minimum atomic E-state index is -2.53. The lowest BCUT2D eigenvalue weighted by Crippen LogP contribution is -2.21. The van der Waals surface area contributed by atoms with Gasteiger partial charge in [-0.05, 0) is 0 Å². The van der Waals surface area contributed by atoms with Crippen molar-refractivity contribution < 1.29 is 14.6 Å². The molecule has 2 atom stereocenters. The van der Waals surface area contributed by atoms with E-state index in [4.69, 9.17) is 15.7 Å². The van der Waals surface area contributed by atoms with Gasteiger partial charge in [-0.2, -0.15) is 0 Å². The van der Waals surface area contributed by atoms with Crippen molar-refractivity contribution in [3.05, 3.63) is 0 Å². The maximum Gasteiger partial charge on any atom is 0.191 e. The molecular formula is C3H10NO3P. The Kier molecular flexibility index (Phi) is 4.09. The van der Waals surface area contributed by atoms with Crippen molar-refractivity contribution in [2.24, 2.45) is 5.73 Å². The lowest BCUT2D eigenvalue weighted by Gasteiger charge is -2.01. The Morgan fingerprint density at radius 1 is 1.75 bits per heavy atom. The van der Waals surface area contributed by atoms with Gasteiger partial charge in [-0.25, -0.2) is 0 Å². The molecule has 0 spiro atoms. The molecule has 4 nitrogen and oxygen atoms in total. The van der Waals surface area contributed by atoms with Crippen LogP contribution in [0.1, 0.15) is 0 Å². The van der Waals surface area contributed by atoms with Gasteiger partial charge in [-0.3, -0.25) is 4.57 Å². The fourth-order valence-electron chi connectivity index (χ4n) is 0.285. The van der Waals surface area contributed by atoms with Crippen LogP contribution in [0, 0.1) is 0 Å². The van der Waals surface area contributed by atoms with Gasteiger partial charge in [-0.1, -0.05) is 0 Å². The maximum atomic E-state index is 9.94. The molecule has 0 aromatic carbocycles. The molecule has 0 fully saturated rings. The van der Waals surface area contributed by atoms with E-state index in [0.29, 0.717) is 0 Å². The Bertz CT molecular complexity index is 86.6. The van der Waals surface area contributed by atoms with Crippen molar-refractivity contribution in [2.75, 3.05) is 12.7 Å². The first-order valence-corrected chi connectivity index (χ1v) is 3.83. The third-order valence-electron chi connectivity index (χ3n) is 0.682. The van der Waals surface area contributed by atoms with Crippen LogP contribution in [0.25, 0.3) is 0 Å². The predicted molar refractivity (Wildman–Crippen MR) is 31.1 cm³/mol. The summed E-state index contributed by atoms with van der Waals surface area (Å²) in [6.07, 6.45) is -0.896. The summed E-state index contributed by atoms with van der Waals surface area (Å²) in [6, 6.07) is 0. The van der Waals surface area contributed by atoms with Crippen molar-refractivity contribution in [1.82, 2.24) is 0 Å². The Morgan fingerprint density at radius 2 is 2.25 bits per heavy atom. The predicted octanol–water partition coefficient (Wildman–Crippen LogP) is -1.23. The van der Waals surface area contributed by atoms with Crippen molar-refractivity contribution in [3.63, 3.8) is 0 Å². The average Bonchev–Trinajstić information content (AvgIpc) is 1.65. The van der Waals surface area contributed by atoms with E-state index in [1.165, 1.54) is 0 Å². The van der Waals surface area contributed by atoms with Gasteiger partial charge in [0.1, 0.15) is 0 Å². The zero-order chi connectivity index (χ0) is 6.57. The molecule has 0 aromatic heterocycles. The molecule has 0 aliphatic carbocycles. The second kappa shape index (κ2) is 4.04. The van der Waals surface area contributed by atoms with Gasteiger partial charge in [0.05, 0.1) is 6.10 Å². The van der Waals surface area contributed by atoms with E-state index < -0.39 is 14.1 Å². The summed E-state index contributed by atoms with van der Waals surface area (Å²) >= 11 is 0. The van der Waals surface area contributed by atoms with Crippen LogP contribution in [0.2, 0.25) is 0 Å². The van der Waals surface area contributed by atoms with Gasteiger partial charge in [0.15, 0.2) is 8.03 Å². The van der Waals surface area contributed by atoms with Gasteiger partial charge in [0, 0.05) is 12.7 Å². The van der Waals surface area contributed by atoms with E-state index in [1.807, 2.05) is 0 Å². The molecular weight excluding hydrogens is 129 g/mol. The fourth-order valence-corrected chi connectivity index (χ4v) is 0.855. The summed E-state index contributed by atoms with van der Waals surface area (Å²) in [6.45, 7) is 0.0525. The summed E-state index contributed by atoms with van der Waals surface area (Å²) in [5.41, 5.74) is 4.94. The van der Waals surface area contributed by atoms with Crippen LogP contribution in [0.3, 0.4) is 0 Å². The molecule has 0 saturated carbocycles. The highest BCUT2D eigenvalue weighted by Gasteiger charge is 2.02. The van der Waals surface area contributed by atoms with Crippen LogP contribution in [0.15, 0.2) is 0 Å². The number of hydrogen-bond donors (Lipinski definition) is 3. The summed E-state index contributed by atoms with van der Waals surface area (Å²) in [5.74, 6) is 0. The van der Waals surface area contributed by atoms with Gasteiger partial charge in [0.2, 0.25) is 0 Å². The third kappa shape index (κ3) is 4.27. The molecule has 1 unspecified atom stereocenters. The summed E-state index contributed by atoms with van der Waals surface area (Å²) in [4.78, 5) is 8.18. The lowest BCUT2D eigenvalue weighted by atomic mass is 10.4. The molecule has 5 heteroatoms. The second-order valence-electron chi connectivity index (χ2n) is 1.49. The molecule has 0 heterocycles. The van der Waals surface area contributed by atoms with E-state index >= 15 is 0 Å². The van der Waals surface area contributed by atoms with Gasteiger partial charge in [-0.15, -0.1) is 0 Å². The van der Waals surface area contributed by atoms with Crippen LogP contribution in [-0.2, 0) is 4.57 Å². The Morgan fingerprint density at radius 3 is 2.38 bits per heavy atom. The quantitative estimate of drug-likeness (QED) is 0.427. The molecule has 0 radical (unpaired) electrons. The first-order valence-electron chi connectivity index (χ1n) is 2.26. The lowest BCUT2D eigenvalue weighted by molar-refractivity contribution is 0.204. The van der Waals surface area contributed by atoms with Crippen LogP contribution in [0.4, 0.5) is 0 Å². The molecule has 0 aromatic rings. The van der Waals surface area contributed by atoms with E-state index in [0.717, 1.165) is 0 Å². The van der Waals surface area contributed by atoms with Crippen LogP contribution in [0.5, 0.6) is 0 Å². The SMILES string of the molecule is NC[C@H](O)C[PH](=O)O. The third-order valence-corrected chi connectivity index (χ3v) is 1.50. The average molecular weight is 139 g/mol. The highest BCUT2D eigenvalue weighted by Crippen LogP contribution is 2.12. The standard InChI is InChI=1S/C3H10NO3P/c4-1-3(5)2-8(6)7/h3,5,8H,1-2,4H2,(H,6,7)/t3-/m0/s1. The normalized spacial score (nSPS) is 17.9.